The molecule has 0 aliphatic rings. The first-order valence-corrected chi connectivity index (χ1v) is 6.18. The lowest BCUT2D eigenvalue weighted by atomic mass is 10.2. The van der Waals surface area contributed by atoms with E-state index in [2.05, 4.69) is 20.8 Å². The molecule has 88 valence electrons. The summed E-state index contributed by atoms with van der Waals surface area (Å²) in [6.45, 7) is 11.1. The third-order valence-electron chi connectivity index (χ3n) is 2.65. The van der Waals surface area contributed by atoms with E-state index in [1.54, 1.807) is 0 Å². The third-order valence-corrected chi connectivity index (χ3v) is 2.65. The monoisotopic (exact) mass is 205 g/mol. The lowest BCUT2D eigenvalue weighted by Crippen LogP contribution is -3.12. The molecule has 0 unspecified atom stereocenters. The normalized spacial score (nSPS) is 10.3. The maximum absolute atomic E-state index is 2.29. The topological polar surface area (TPSA) is 4.44 Å². The predicted octanol–water partition coefficient (Wildman–Crippen LogP) is -0.724. The van der Waals surface area contributed by atoms with Gasteiger partial charge in [-0.05, 0) is 19.3 Å². The molecule has 0 aromatic carbocycles. The SMILES string of the molecule is CCCC[NH+](CCCC)CCCC.[F-]. The smallest absolute Gasteiger partial charge is 0.0770 e. The van der Waals surface area contributed by atoms with Crippen LogP contribution in [0, 0.1) is 0 Å². The van der Waals surface area contributed by atoms with Crippen molar-refractivity contribution in [1.82, 2.24) is 0 Å². The number of nitrogens with one attached hydrogen (secondary N) is 1. The van der Waals surface area contributed by atoms with E-state index < -0.39 is 0 Å². The molecule has 0 saturated carbocycles. The molecule has 14 heavy (non-hydrogen) atoms. The number of quaternary nitrogens is 1. The van der Waals surface area contributed by atoms with Gasteiger partial charge in [-0.3, -0.25) is 0 Å². The lowest BCUT2D eigenvalue weighted by molar-refractivity contribution is -0.900. The lowest BCUT2D eigenvalue weighted by Gasteiger charge is -2.18. The van der Waals surface area contributed by atoms with Crippen LogP contribution in [0.4, 0.5) is 0 Å². The molecule has 1 nitrogen and oxygen atoms in total. The van der Waals surface area contributed by atoms with E-state index >= 15 is 0 Å². The zero-order valence-corrected chi connectivity index (χ0v) is 10.2. The van der Waals surface area contributed by atoms with Gasteiger partial charge in [0, 0.05) is 0 Å². The fourth-order valence-corrected chi connectivity index (χ4v) is 1.66. The van der Waals surface area contributed by atoms with Crippen LogP contribution >= 0.6 is 0 Å². The first kappa shape index (κ1) is 16.3. The van der Waals surface area contributed by atoms with E-state index in [9.17, 15) is 0 Å². The van der Waals surface area contributed by atoms with E-state index in [1.807, 2.05) is 4.90 Å². The fraction of sp³-hybridized carbons (Fsp3) is 1.00. The van der Waals surface area contributed by atoms with Crippen molar-refractivity contribution in [3.05, 3.63) is 0 Å². The molecule has 0 spiro atoms. The summed E-state index contributed by atoms with van der Waals surface area (Å²) in [5.41, 5.74) is 0. The van der Waals surface area contributed by atoms with E-state index in [0.717, 1.165) is 0 Å². The van der Waals surface area contributed by atoms with Gasteiger partial charge in [0.25, 0.3) is 0 Å². The molecular formula is C12H28FN. The quantitative estimate of drug-likeness (QED) is 0.506. The Labute approximate surface area is 89.2 Å². The van der Waals surface area contributed by atoms with Gasteiger partial charge in [0.2, 0.25) is 0 Å². The van der Waals surface area contributed by atoms with Crippen molar-refractivity contribution in [2.75, 3.05) is 19.6 Å². The molecule has 0 aromatic rings. The van der Waals surface area contributed by atoms with Gasteiger partial charge in [0.1, 0.15) is 0 Å². The molecule has 2 heteroatoms. The van der Waals surface area contributed by atoms with Gasteiger partial charge in [0.15, 0.2) is 0 Å². The predicted molar refractivity (Wildman–Crippen MR) is 60.3 cm³/mol. The summed E-state index contributed by atoms with van der Waals surface area (Å²) in [5, 5.41) is 0. The van der Waals surface area contributed by atoms with Gasteiger partial charge in [-0.15, -0.1) is 0 Å². The molecule has 0 aliphatic carbocycles. The van der Waals surface area contributed by atoms with Gasteiger partial charge in [-0.2, -0.15) is 0 Å². The zero-order chi connectivity index (χ0) is 9.94. The number of hydrogen-bond donors (Lipinski definition) is 1. The summed E-state index contributed by atoms with van der Waals surface area (Å²) in [4.78, 5) is 1.84. The van der Waals surface area contributed by atoms with Crippen LogP contribution < -0.4 is 9.60 Å². The van der Waals surface area contributed by atoms with Crippen molar-refractivity contribution in [2.24, 2.45) is 0 Å². The summed E-state index contributed by atoms with van der Waals surface area (Å²) in [6, 6.07) is 0. The summed E-state index contributed by atoms with van der Waals surface area (Å²) in [5.74, 6) is 0. The van der Waals surface area contributed by atoms with Crippen molar-refractivity contribution in [1.29, 1.82) is 0 Å². The van der Waals surface area contributed by atoms with E-state index in [-0.39, 0.29) is 4.70 Å². The standard InChI is InChI=1S/C12H27N.FH/c1-4-7-10-13(11-8-5-2)12-9-6-3;/h4-12H2,1-3H3;1H. The minimum absolute atomic E-state index is 0. The van der Waals surface area contributed by atoms with Crippen LogP contribution in [0.25, 0.3) is 0 Å². The Morgan fingerprint density at radius 3 is 1.14 bits per heavy atom. The number of halogens is 1. The minimum atomic E-state index is 0. The molecule has 0 aromatic heterocycles. The third kappa shape index (κ3) is 9.97. The first-order valence-electron chi connectivity index (χ1n) is 6.18. The van der Waals surface area contributed by atoms with E-state index in [0.29, 0.717) is 0 Å². The Bertz CT molecular complexity index is 77.3. The van der Waals surface area contributed by atoms with Gasteiger partial charge in [-0.25, -0.2) is 0 Å². The van der Waals surface area contributed by atoms with Crippen molar-refractivity contribution in [2.45, 2.75) is 59.3 Å². The van der Waals surface area contributed by atoms with Crippen molar-refractivity contribution in [3.63, 3.8) is 0 Å². The Kier molecular flexibility index (Phi) is 15.0. The number of rotatable bonds is 9. The molecule has 0 saturated heterocycles. The van der Waals surface area contributed by atoms with Crippen LogP contribution in [-0.4, -0.2) is 19.6 Å². The second kappa shape index (κ2) is 12.9. The van der Waals surface area contributed by atoms with E-state index in [1.165, 1.54) is 58.2 Å². The van der Waals surface area contributed by atoms with Crippen molar-refractivity contribution in [3.8, 4) is 0 Å². The molecule has 0 fully saturated rings. The fourth-order valence-electron chi connectivity index (χ4n) is 1.66. The van der Waals surface area contributed by atoms with Crippen LogP contribution in [0.1, 0.15) is 59.3 Å². The molecule has 0 amide bonds. The molecular weight excluding hydrogens is 177 g/mol. The van der Waals surface area contributed by atoms with Gasteiger partial charge < -0.3 is 9.60 Å². The van der Waals surface area contributed by atoms with Gasteiger partial charge in [0.05, 0.1) is 19.6 Å². The summed E-state index contributed by atoms with van der Waals surface area (Å²) in [7, 11) is 0. The van der Waals surface area contributed by atoms with Crippen molar-refractivity contribution < 1.29 is 9.60 Å². The zero-order valence-electron chi connectivity index (χ0n) is 10.2. The Hall–Kier alpha value is -0.110. The Morgan fingerprint density at radius 1 is 0.643 bits per heavy atom. The number of hydrogen-bond acceptors (Lipinski definition) is 0. The Morgan fingerprint density at radius 2 is 0.929 bits per heavy atom. The summed E-state index contributed by atoms with van der Waals surface area (Å²) in [6.07, 6.45) is 8.26. The maximum Gasteiger partial charge on any atom is 0.0770 e. The van der Waals surface area contributed by atoms with Crippen molar-refractivity contribution >= 4 is 0 Å². The average molecular weight is 205 g/mol. The second-order valence-corrected chi connectivity index (χ2v) is 4.06. The van der Waals surface area contributed by atoms with Crippen LogP contribution in [0.2, 0.25) is 0 Å². The highest BCUT2D eigenvalue weighted by Gasteiger charge is 2.05. The molecule has 0 rings (SSSR count). The average Bonchev–Trinajstić information content (AvgIpc) is 2.17. The number of unbranched alkanes of at least 4 members (excludes halogenated alkanes) is 3. The highest BCUT2D eigenvalue weighted by atomic mass is 19.0. The largest absolute Gasteiger partial charge is 1.00 e. The van der Waals surface area contributed by atoms with Gasteiger partial charge >= 0.3 is 0 Å². The van der Waals surface area contributed by atoms with Gasteiger partial charge in [-0.1, -0.05) is 40.0 Å². The molecule has 0 heterocycles. The van der Waals surface area contributed by atoms with Crippen LogP contribution in [0.15, 0.2) is 0 Å². The highest BCUT2D eigenvalue weighted by molar-refractivity contribution is 4.37. The van der Waals surface area contributed by atoms with E-state index in [4.69, 9.17) is 0 Å². The Balaban J connectivity index is 0. The highest BCUT2D eigenvalue weighted by Crippen LogP contribution is 1.85. The minimum Gasteiger partial charge on any atom is -1.00 e. The molecule has 0 atom stereocenters. The summed E-state index contributed by atoms with van der Waals surface area (Å²) < 4.78 is 0. The molecule has 0 radical (unpaired) electrons. The molecule has 0 bridgehead atoms. The molecule has 0 aliphatic heterocycles. The van der Waals surface area contributed by atoms with Crippen LogP contribution in [0.3, 0.4) is 0 Å². The summed E-state index contributed by atoms with van der Waals surface area (Å²) >= 11 is 0. The second-order valence-electron chi connectivity index (χ2n) is 4.06. The molecule has 1 N–H and O–H groups in total. The van der Waals surface area contributed by atoms with Crippen LogP contribution in [0.5, 0.6) is 0 Å². The first-order chi connectivity index (χ1) is 6.35. The maximum atomic E-state index is 2.29. The van der Waals surface area contributed by atoms with Crippen LogP contribution in [-0.2, 0) is 0 Å².